The van der Waals surface area contributed by atoms with Gasteiger partial charge in [-0.15, -0.1) is 0 Å². The Balaban J connectivity index is 0.000000483. The summed E-state index contributed by atoms with van der Waals surface area (Å²) < 4.78 is 12.5. The van der Waals surface area contributed by atoms with Crippen LogP contribution >= 0.6 is 0 Å². The summed E-state index contributed by atoms with van der Waals surface area (Å²) in [6.45, 7) is 13.4. The molecular weight excluding hydrogens is 351 g/mol. The maximum atomic E-state index is 12.5. The first-order valence-corrected chi connectivity index (χ1v) is 10.7. The quantitative estimate of drug-likeness (QED) is 0.543. The molecule has 0 bridgehead atoms. The molecule has 28 heavy (non-hydrogen) atoms. The lowest BCUT2D eigenvalue weighted by Gasteiger charge is -2.13. The Bertz CT molecular complexity index is 570. The molecule has 1 aromatic heterocycles. The van der Waals surface area contributed by atoms with Crippen LogP contribution in [0, 0.1) is 0 Å². The van der Waals surface area contributed by atoms with E-state index in [1.54, 1.807) is 6.08 Å². The van der Waals surface area contributed by atoms with Gasteiger partial charge >= 0.3 is 0 Å². The van der Waals surface area contributed by atoms with Crippen LogP contribution in [0.5, 0.6) is 0 Å². The van der Waals surface area contributed by atoms with Crippen LogP contribution in [0.1, 0.15) is 58.7 Å². The van der Waals surface area contributed by atoms with E-state index in [1.165, 1.54) is 18.1 Å². The molecule has 1 atom stereocenters. The number of nitrogens with zero attached hydrogens (tertiary/aromatic N) is 1. The van der Waals surface area contributed by atoms with Crippen molar-refractivity contribution in [2.75, 3.05) is 32.0 Å². The molecule has 4 nitrogen and oxygen atoms in total. The number of hydrogen-bond acceptors (Lipinski definition) is 4. The largest absolute Gasteiger partial charge is 0.373 e. The zero-order valence-corrected chi connectivity index (χ0v) is 18.7. The van der Waals surface area contributed by atoms with Crippen LogP contribution in [0.2, 0.25) is 0 Å². The van der Waals surface area contributed by atoms with Crippen LogP contribution < -0.4 is 16.0 Å². The van der Waals surface area contributed by atoms with E-state index in [9.17, 15) is 4.39 Å². The van der Waals surface area contributed by atoms with Crippen LogP contribution in [0.25, 0.3) is 0 Å². The number of anilines is 1. The molecule has 0 amide bonds. The van der Waals surface area contributed by atoms with Crippen molar-refractivity contribution in [2.45, 2.75) is 66.3 Å². The summed E-state index contributed by atoms with van der Waals surface area (Å²) in [7, 11) is 1.93. The van der Waals surface area contributed by atoms with Crippen molar-refractivity contribution >= 4 is 5.82 Å². The maximum absolute atomic E-state index is 12.5. The van der Waals surface area contributed by atoms with Crippen molar-refractivity contribution in [2.24, 2.45) is 0 Å². The third-order valence-corrected chi connectivity index (χ3v) is 3.96. The molecule has 0 aliphatic heterocycles. The van der Waals surface area contributed by atoms with Gasteiger partial charge in [0, 0.05) is 31.7 Å². The number of hydrogen-bond donors (Lipinski definition) is 3. The Morgan fingerprint density at radius 3 is 2.36 bits per heavy atom. The number of pyridine rings is 1. The first-order chi connectivity index (χ1) is 13.6. The number of nitrogens with one attached hydrogen (secondary N) is 3. The van der Waals surface area contributed by atoms with E-state index in [0.29, 0.717) is 0 Å². The smallest absolute Gasteiger partial charge is 0.129 e. The molecule has 1 aliphatic rings. The molecule has 1 aromatic rings. The Kier molecular flexibility index (Phi) is 16.3. The molecular formula is C23H41FN4. The molecule has 0 spiro atoms. The van der Waals surface area contributed by atoms with E-state index in [1.807, 2.05) is 20.0 Å². The molecule has 0 saturated heterocycles. The summed E-state index contributed by atoms with van der Waals surface area (Å²) in [4.78, 5) is 4.58. The van der Waals surface area contributed by atoms with Crippen molar-refractivity contribution < 1.29 is 4.39 Å². The number of aryl methyl sites for hydroxylation is 1. The van der Waals surface area contributed by atoms with Gasteiger partial charge in [-0.1, -0.05) is 53.2 Å². The second-order valence-corrected chi connectivity index (χ2v) is 6.58. The van der Waals surface area contributed by atoms with Crippen molar-refractivity contribution in [3.05, 3.63) is 47.4 Å². The van der Waals surface area contributed by atoms with Crippen LogP contribution in [0.4, 0.5) is 10.2 Å². The van der Waals surface area contributed by atoms with Gasteiger partial charge in [-0.3, -0.25) is 0 Å². The molecule has 1 heterocycles. The summed E-state index contributed by atoms with van der Waals surface area (Å²) >= 11 is 0. The van der Waals surface area contributed by atoms with E-state index < -0.39 is 0 Å². The first-order valence-electron chi connectivity index (χ1n) is 10.7. The number of aromatic nitrogens is 1. The lowest BCUT2D eigenvalue weighted by atomic mass is 10.1. The van der Waals surface area contributed by atoms with Gasteiger partial charge in [0.25, 0.3) is 0 Å². The molecule has 0 fully saturated rings. The number of allylic oxidation sites excluding steroid dienone is 2. The van der Waals surface area contributed by atoms with Gasteiger partial charge in [0.1, 0.15) is 11.6 Å². The van der Waals surface area contributed by atoms with Crippen LogP contribution in [-0.4, -0.2) is 37.7 Å². The van der Waals surface area contributed by atoms with Gasteiger partial charge in [0.05, 0.1) is 0 Å². The molecule has 0 saturated carbocycles. The number of halogens is 1. The summed E-state index contributed by atoms with van der Waals surface area (Å²) in [5.41, 5.74) is 2.43. The molecule has 0 radical (unpaired) electrons. The Morgan fingerprint density at radius 1 is 1.11 bits per heavy atom. The third-order valence-electron chi connectivity index (χ3n) is 3.96. The van der Waals surface area contributed by atoms with Gasteiger partial charge < -0.3 is 16.0 Å². The summed E-state index contributed by atoms with van der Waals surface area (Å²) in [6.07, 6.45) is 9.14. The maximum Gasteiger partial charge on any atom is 0.129 e. The number of rotatable bonds is 8. The highest BCUT2D eigenvalue weighted by molar-refractivity contribution is 5.44. The third kappa shape index (κ3) is 11.9. The molecule has 2 rings (SSSR count). The highest BCUT2D eigenvalue weighted by Crippen LogP contribution is 2.13. The van der Waals surface area contributed by atoms with Gasteiger partial charge in [-0.05, 0) is 49.7 Å². The molecule has 1 aliphatic carbocycles. The topological polar surface area (TPSA) is 49.0 Å². The fourth-order valence-electron chi connectivity index (χ4n) is 2.61. The Hall–Kier alpha value is -1.72. The zero-order chi connectivity index (χ0) is 21.2. The van der Waals surface area contributed by atoms with E-state index in [0.717, 1.165) is 50.4 Å². The van der Waals surface area contributed by atoms with Crippen molar-refractivity contribution in [1.82, 2.24) is 15.6 Å². The second kappa shape index (κ2) is 17.4. The lowest BCUT2D eigenvalue weighted by molar-refractivity contribution is 0.577. The Morgan fingerprint density at radius 2 is 1.82 bits per heavy atom. The molecule has 5 heteroatoms. The highest BCUT2D eigenvalue weighted by atomic mass is 19.1. The van der Waals surface area contributed by atoms with Crippen molar-refractivity contribution in [3.8, 4) is 0 Å². The summed E-state index contributed by atoms with van der Waals surface area (Å²) in [6, 6.07) is 4.49. The van der Waals surface area contributed by atoms with Crippen molar-refractivity contribution in [3.63, 3.8) is 0 Å². The average Bonchev–Trinajstić information content (AvgIpc) is 2.69. The highest BCUT2D eigenvalue weighted by Gasteiger charge is 2.06. The van der Waals surface area contributed by atoms with E-state index in [4.69, 9.17) is 0 Å². The van der Waals surface area contributed by atoms with E-state index in [-0.39, 0.29) is 11.9 Å². The van der Waals surface area contributed by atoms with Gasteiger partial charge in [0.2, 0.25) is 0 Å². The summed E-state index contributed by atoms with van der Waals surface area (Å²) in [5, 5.41) is 9.60. The van der Waals surface area contributed by atoms with Crippen molar-refractivity contribution in [1.29, 1.82) is 0 Å². The van der Waals surface area contributed by atoms with Crippen LogP contribution in [-0.2, 0) is 12.8 Å². The predicted molar refractivity (Wildman–Crippen MR) is 122 cm³/mol. The number of likely N-dealkylation sites (N-methyl/N-ethyl adjacent to an activating group) is 2. The normalized spacial score (nSPS) is 15.0. The molecule has 3 N–H and O–H groups in total. The van der Waals surface area contributed by atoms with Gasteiger partial charge in [-0.2, -0.15) is 0 Å². The van der Waals surface area contributed by atoms with Crippen LogP contribution in [0.3, 0.4) is 0 Å². The van der Waals surface area contributed by atoms with E-state index >= 15 is 0 Å². The monoisotopic (exact) mass is 392 g/mol. The first kappa shape index (κ1) is 26.3. The average molecular weight is 393 g/mol. The standard InChI is InChI=1S/C12H21N3.C8H12FN.C3H8/c1-4-10-6-7-11(8-9-14-5-2)15-12(10)13-3;1-2-10-8-5-3-4-7(9)6-8;1-3-2/h6-7,14H,4-5,8-9H2,1-3H3,(H,13,15);3-4,6,8,10H,2,5H2,1H3;3H2,1-2H3. The Labute approximate surface area is 172 Å². The SMILES string of the molecule is CCC.CCNC1C=C(F)C=CC1.CCNCCc1ccc(CC)c(NC)n1. The van der Waals surface area contributed by atoms with Crippen LogP contribution in [0.15, 0.2) is 36.2 Å². The molecule has 160 valence electrons. The minimum Gasteiger partial charge on any atom is -0.373 e. The van der Waals surface area contributed by atoms with Gasteiger partial charge in [-0.25, -0.2) is 9.37 Å². The minimum absolute atomic E-state index is 0.128. The molecule has 0 aromatic carbocycles. The summed E-state index contributed by atoms with van der Waals surface area (Å²) in [5.74, 6) is 0.892. The lowest BCUT2D eigenvalue weighted by Crippen LogP contribution is -2.27. The van der Waals surface area contributed by atoms with E-state index in [2.05, 4.69) is 60.8 Å². The van der Waals surface area contributed by atoms with Gasteiger partial charge in [0.15, 0.2) is 0 Å². The predicted octanol–water partition coefficient (Wildman–Crippen LogP) is 5.03. The minimum atomic E-state index is -0.128. The fourth-order valence-corrected chi connectivity index (χ4v) is 2.61. The molecule has 1 unspecified atom stereocenters. The fraction of sp³-hybridized carbons (Fsp3) is 0.609. The zero-order valence-electron chi connectivity index (χ0n) is 18.7. The second-order valence-electron chi connectivity index (χ2n) is 6.58.